The molecule has 0 aliphatic carbocycles. The topological polar surface area (TPSA) is 127 Å². The van der Waals surface area contributed by atoms with Gasteiger partial charge in [-0.2, -0.15) is 0 Å². The summed E-state index contributed by atoms with van der Waals surface area (Å²) in [6.07, 6.45) is 0. The van der Waals surface area contributed by atoms with Gasteiger partial charge in [0.15, 0.2) is 0 Å². The van der Waals surface area contributed by atoms with Crippen molar-refractivity contribution >= 4 is 53.7 Å². The summed E-state index contributed by atoms with van der Waals surface area (Å²) >= 11 is 0. The number of furan rings is 4. The molecular weight excluding hydrogens is 689 g/mol. The van der Waals surface area contributed by atoms with Gasteiger partial charge in [0.2, 0.25) is 9.84 Å². The van der Waals surface area contributed by atoms with Crippen LogP contribution in [0.1, 0.15) is 0 Å². The third-order valence-electron chi connectivity index (χ3n) is 9.55. The second-order valence-corrected chi connectivity index (χ2v) is 14.8. The summed E-state index contributed by atoms with van der Waals surface area (Å²) in [6.45, 7) is 0. The zero-order chi connectivity index (χ0) is 35.8. The SMILES string of the molecule is O=S(=O)(c1cc(-c2cc3ccccc3o2)c(O)c(-c2cc3ccccc3o2)c1)c1cc(-c2cc3ccccc3o2)c(O)c(-c2cc3ccccc3o2)c1. The van der Waals surface area contributed by atoms with Crippen LogP contribution < -0.4 is 0 Å². The van der Waals surface area contributed by atoms with E-state index in [0.717, 1.165) is 21.5 Å². The summed E-state index contributed by atoms with van der Waals surface area (Å²) in [5.41, 5.74) is 2.93. The molecule has 6 aromatic carbocycles. The minimum absolute atomic E-state index is 0.141. The van der Waals surface area contributed by atoms with E-state index in [1.165, 1.54) is 24.3 Å². The fraction of sp³-hybridized carbons (Fsp3) is 0. The molecule has 10 rings (SSSR count). The molecular formula is C44H26O8S. The third-order valence-corrected chi connectivity index (χ3v) is 11.3. The number of hydrogen-bond donors (Lipinski definition) is 2. The van der Waals surface area contributed by atoms with Gasteiger partial charge in [0.1, 0.15) is 56.9 Å². The highest BCUT2D eigenvalue weighted by Crippen LogP contribution is 2.47. The van der Waals surface area contributed by atoms with E-state index in [1.807, 2.05) is 72.8 Å². The number of para-hydroxylation sites is 4. The van der Waals surface area contributed by atoms with Crippen molar-refractivity contribution in [2.45, 2.75) is 9.79 Å². The molecule has 8 nitrogen and oxygen atoms in total. The molecule has 0 bridgehead atoms. The Balaban J connectivity index is 1.22. The molecule has 0 saturated heterocycles. The predicted molar refractivity (Wildman–Crippen MR) is 202 cm³/mol. The third kappa shape index (κ3) is 5.01. The summed E-state index contributed by atoms with van der Waals surface area (Å²) in [6, 6.07) is 42.1. The lowest BCUT2D eigenvalue weighted by Gasteiger charge is -2.14. The van der Waals surface area contributed by atoms with Gasteiger partial charge in [-0.15, -0.1) is 0 Å². The molecule has 53 heavy (non-hydrogen) atoms. The number of sulfone groups is 1. The molecule has 0 saturated carbocycles. The lowest BCUT2D eigenvalue weighted by atomic mass is 10.0. The van der Waals surface area contributed by atoms with Crippen LogP contribution in [0.3, 0.4) is 0 Å². The lowest BCUT2D eigenvalue weighted by molar-refractivity contribution is 0.473. The number of aromatic hydroxyl groups is 2. The maximum absolute atomic E-state index is 15.0. The fourth-order valence-corrected chi connectivity index (χ4v) is 8.24. The molecule has 0 atom stereocenters. The van der Waals surface area contributed by atoms with Crippen LogP contribution in [0.25, 0.3) is 89.2 Å². The van der Waals surface area contributed by atoms with E-state index in [4.69, 9.17) is 17.7 Å². The Morgan fingerprint density at radius 3 is 0.849 bits per heavy atom. The van der Waals surface area contributed by atoms with Gasteiger partial charge in [-0.05, 0) is 72.8 Å². The number of rotatable bonds is 6. The number of phenols is 2. The standard InChI is InChI=1S/C44H26O8S/c45-43-31(39-17-25-9-1-5-13-35(25)49-39)21-29(22-32(43)40-18-26-10-2-6-14-36(26)50-40)53(47,48)30-23-33(41-19-27-11-3-7-15-37(27)51-41)44(46)34(24-30)42-20-28-12-4-8-16-38(28)52-42/h1-24,45-46H. The second kappa shape index (κ2) is 11.5. The first-order chi connectivity index (χ1) is 25.8. The van der Waals surface area contributed by atoms with Crippen LogP contribution in [-0.2, 0) is 9.84 Å². The Bertz CT molecular complexity index is 2640. The van der Waals surface area contributed by atoms with Crippen LogP contribution in [0.5, 0.6) is 11.5 Å². The molecule has 0 spiro atoms. The Morgan fingerprint density at radius 2 is 0.604 bits per heavy atom. The highest BCUT2D eigenvalue weighted by Gasteiger charge is 2.29. The molecule has 2 N–H and O–H groups in total. The van der Waals surface area contributed by atoms with Crippen molar-refractivity contribution in [1.82, 2.24) is 0 Å². The van der Waals surface area contributed by atoms with Crippen LogP contribution in [0.4, 0.5) is 0 Å². The summed E-state index contributed by atoms with van der Waals surface area (Å²) in [5, 5.41) is 26.7. The van der Waals surface area contributed by atoms with Gasteiger partial charge < -0.3 is 27.9 Å². The minimum atomic E-state index is -4.40. The van der Waals surface area contributed by atoms with Gasteiger partial charge in [-0.3, -0.25) is 0 Å². The number of benzene rings is 6. The molecule has 0 amide bonds. The lowest BCUT2D eigenvalue weighted by Crippen LogP contribution is -2.04. The van der Waals surface area contributed by atoms with E-state index in [2.05, 4.69) is 0 Å². The average Bonchev–Trinajstić information content (AvgIpc) is 3.98. The maximum atomic E-state index is 15.0. The first-order valence-electron chi connectivity index (χ1n) is 16.7. The van der Waals surface area contributed by atoms with Crippen molar-refractivity contribution in [3.63, 3.8) is 0 Å². The Morgan fingerprint density at radius 1 is 0.358 bits per heavy atom. The van der Waals surface area contributed by atoms with Gasteiger partial charge in [0, 0.05) is 21.5 Å². The van der Waals surface area contributed by atoms with Crippen LogP contribution in [-0.4, -0.2) is 18.6 Å². The first-order valence-corrected chi connectivity index (χ1v) is 18.2. The van der Waals surface area contributed by atoms with Gasteiger partial charge in [-0.25, -0.2) is 8.42 Å². The number of fused-ring (bicyclic) bond motifs is 4. The Hall–Kier alpha value is -6.97. The average molecular weight is 715 g/mol. The maximum Gasteiger partial charge on any atom is 0.206 e. The van der Waals surface area contributed by atoms with Gasteiger partial charge >= 0.3 is 0 Å². The zero-order valence-electron chi connectivity index (χ0n) is 27.6. The summed E-state index contributed by atoms with van der Waals surface area (Å²) in [5.74, 6) is 0.673. The summed E-state index contributed by atoms with van der Waals surface area (Å²) in [4.78, 5) is -0.281. The molecule has 4 heterocycles. The highest BCUT2D eigenvalue weighted by atomic mass is 32.2. The highest BCUT2D eigenvalue weighted by molar-refractivity contribution is 7.91. The molecule has 10 aromatic rings. The van der Waals surface area contributed by atoms with Crippen molar-refractivity contribution in [2.24, 2.45) is 0 Å². The molecule has 0 fully saturated rings. The zero-order valence-corrected chi connectivity index (χ0v) is 28.4. The van der Waals surface area contributed by atoms with Crippen LogP contribution >= 0.6 is 0 Å². The first kappa shape index (κ1) is 30.8. The molecule has 0 aliphatic rings. The van der Waals surface area contributed by atoms with Gasteiger partial charge in [0.25, 0.3) is 0 Å². The van der Waals surface area contributed by atoms with E-state index in [1.54, 1.807) is 48.5 Å². The van der Waals surface area contributed by atoms with Crippen LogP contribution in [0.2, 0.25) is 0 Å². The van der Waals surface area contributed by atoms with Crippen molar-refractivity contribution < 1.29 is 36.3 Å². The Labute approximate surface area is 301 Å². The van der Waals surface area contributed by atoms with E-state index in [9.17, 15) is 18.6 Å². The minimum Gasteiger partial charge on any atom is -0.506 e. The van der Waals surface area contributed by atoms with Crippen LogP contribution in [0, 0.1) is 0 Å². The molecule has 0 aliphatic heterocycles. The molecule has 4 aromatic heterocycles. The van der Waals surface area contributed by atoms with Crippen molar-refractivity contribution in [2.75, 3.05) is 0 Å². The normalized spacial score (nSPS) is 12.1. The Kier molecular flexibility index (Phi) is 6.70. The van der Waals surface area contributed by atoms with Gasteiger partial charge in [-0.1, -0.05) is 72.8 Å². The summed E-state index contributed by atoms with van der Waals surface area (Å²) in [7, 11) is -4.40. The number of hydrogen-bond acceptors (Lipinski definition) is 8. The van der Waals surface area contributed by atoms with Crippen molar-refractivity contribution in [1.29, 1.82) is 0 Å². The molecule has 0 unspecified atom stereocenters. The van der Waals surface area contributed by atoms with Crippen molar-refractivity contribution in [3.8, 4) is 56.8 Å². The smallest absolute Gasteiger partial charge is 0.206 e. The largest absolute Gasteiger partial charge is 0.506 e. The summed E-state index contributed by atoms with van der Waals surface area (Å²) < 4.78 is 54.6. The monoisotopic (exact) mass is 714 g/mol. The quantitative estimate of drug-likeness (QED) is 0.174. The second-order valence-electron chi connectivity index (χ2n) is 12.8. The van der Waals surface area contributed by atoms with E-state index in [0.29, 0.717) is 22.3 Å². The van der Waals surface area contributed by atoms with Crippen molar-refractivity contribution in [3.05, 3.63) is 146 Å². The van der Waals surface area contributed by atoms with E-state index >= 15 is 0 Å². The molecule has 0 radical (unpaired) electrons. The fourth-order valence-electron chi connectivity index (χ4n) is 6.87. The van der Waals surface area contributed by atoms with E-state index < -0.39 is 9.84 Å². The predicted octanol–water partition coefficient (Wildman–Crippen LogP) is 11.6. The molecule has 256 valence electrons. The van der Waals surface area contributed by atoms with Gasteiger partial charge in [0.05, 0.1) is 32.0 Å². The molecule has 9 heteroatoms. The van der Waals surface area contributed by atoms with Crippen LogP contribution in [0.15, 0.2) is 173 Å². The van der Waals surface area contributed by atoms with E-state index in [-0.39, 0.29) is 66.6 Å². The number of phenolic OH excluding ortho intramolecular Hbond substituents is 2.